The Morgan fingerprint density at radius 3 is 2.57 bits per heavy atom. The van der Waals surface area contributed by atoms with E-state index in [-0.39, 0.29) is 23.5 Å². The summed E-state index contributed by atoms with van der Waals surface area (Å²) in [5.74, 6) is -0.893. The Balaban J connectivity index is 1.43. The lowest BCUT2D eigenvalue weighted by Crippen LogP contribution is -2.38. The van der Waals surface area contributed by atoms with Crippen LogP contribution in [0.15, 0.2) is 48.7 Å². The molecule has 0 spiro atoms. The van der Waals surface area contributed by atoms with Crippen molar-refractivity contribution in [1.29, 1.82) is 0 Å². The van der Waals surface area contributed by atoms with Gasteiger partial charge in [0.1, 0.15) is 5.82 Å². The molecule has 4 N–H and O–H groups in total. The van der Waals surface area contributed by atoms with Crippen LogP contribution in [0, 0.1) is 11.7 Å². The number of fused-ring (bicyclic) bond motifs is 1. The summed E-state index contributed by atoms with van der Waals surface area (Å²) >= 11 is 0. The highest BCUT2D eigenvalue weighted by Crippen LogP contribution is 2.32. The van der Waals surface area contributed by atoms with E-state index in [1.807, 2.05) is 24.3 Å². The summed E-state index contributed by atoms with van der Waals surface area (Å²) in [4.78, 5) is 25.6. The number of nitrogens with zero attached hydrogens (tertiary/aromatic N) is 1. The first-order chi connectivity index (χ1) is 13.5. The molecular formula is C21H21FN4O2. The van der Waals surface area contributed by atoms with Gasteiger partial charge in [0, 0.05) is 42.1 Å². The third-order valence-corrected chi connectivity index (χ3v) is 5.28. The first-order valence-corrected chi connectivity index (χ1v) is 9.23. The standard InChI is InChI=1S/C21H21FN4O2/c22-14-1-6-17-18(21(28)25-19(17)11-14)12-24-15-2-4-16(5-3-15)26-9-7-13(8-10-26)20(23)27/h1-6,11-13,24H,7-10H2,(H2,23,27)(H,25,28). The maximum absolute atomic E-state index is 13.3. The van der Waals surface area contributed by atoms with Crippen molar-refractivity contribution in [2.24, 2.45) is 11.7 Å². The predicted molar refractivity (Wildman–Crippen MR) is 107 cm³/mol. The zero-order chi connectivity index (χ0) is 19.7. The van der Waals surface area contributed by atoms with Crippen LogP contribution in [-0.4, -0.2) is 24.9 Å². The quantitative estimate of drug-likeness (QED) is 0.712. The molecule has 1 saturated heterocycles. The molecule has 0 aliphatic carbocycles. The highest BCUT2D eigenvalue weighted by Gasteiger charge is 2.25. The van der Waals surface area contributed by atoms with Gasteiger partial charge in [-0.2, -0.15) is 0 Å². The van der Waals surface area contributed by atoms with E-state index < -0.39 is 0 Å². The van der Waals surface area contributed by atoms with E-state index in [1.165, 1.54) is 12.1 Å². The number of hydrogen-bond acceptors (Lipinski definition) is 4. The lowest BCUT2D eigenvalue weighted by Gasteiger charge is -2.32. The van der Waals surface area contributed by atoms with Gasteiger partial charge in [-0.1, -0.05) is 0 Å². The first-order valence-electron chi connectivity index (χ1n) is 9.23. The molecule has 4 rings (SSSR count). The molecule has 144 valence electrons. The van der Waals surface area contributed by atoms with Crippen LogP contribution in [0.4, 0.5) is 21.5 Å². The summed E-state index contributed by atoms with van der Waals surface area (Å²) in [6.45, 7) is 1.61. The van der Waals surface area contributed by atoms with Gasteiger partial charge in [0.15, 0.2) is 0 Å². The fourth-order valence-corrected chi connectivity index (χ4v) is 3.66. The van der Waals surface area contributed by atoms with Crippen molar-refractivity contribution in [3.8, 4) is 0 Å². The number of rotatable bonds is 4. The Kier molecular flexibility index (Phi) is 4.73. The van der Waals surface area contributed by atoms with Gasteiger partial charge < -0.3 is 21.3 Å². The fourth-order valence-electron chi connectivity index (χ4n) is 3.66. The van der Waals surface area contributed by atoms with Crippen molar-refractivity contribution in [2.75, 3.05) is 28.6 Å². The highest BCUT2D eigenvalue weighted by molar-refractivity contribution is 6.31. The van der Waals surface area contributed by atoms with Crippen molar-refractivity contribution in [3.63, 3.8) is 0 Å². The van der Waals surface area contributed by atoms with E-state index in [2.05, 4.69) is 15.5 Å². The topological polar surface area (TPSA) is 87.5 Å². The second kappa shape index (κ2) is 7.34. The van der Waals surface area contributed by atoms with Crippen LogP contribution in [0.3, 0.4) is 0 Å². The third kappa shape index (κ3) is 3.55. The second-order valence-electron chi connectivity index (χ2n) is 7.06. The summed E-state index contributed by atoms with van der Waals surface area (Å²) in [6.07, 6.45) is 3.18. The Labute approximate surface area is 162 Å². The summed E-state index contributed by atoms with van der Waals surface area (Å²) in [6, 6.07) is 12.1. The van der Waals surface area contributed by atoms with Crippen LogP contribution in [0.2, 0.25) is 0 Å². The van der Waals surface area contributed by atoms with E-state index in [4.69, 9.17) is 5.73 Å². The smallest absolute Gasteiger partial charge is 0.257 e. The van der Waals surface area contributed by atoms with Gasteiger partial charge in [-0.05, 0) is 55.3 Å². The monoisotopic (exact) mass is 380 g/mol. The first kappa shape index (κ1) is 18.0. The van der Waals surface area contributed by atoms with E-state index in [0.29, 0.717) is 16.8 Å². The molecule has 0 unspecified atom stereocenters. The molecule has 0 aromatic heterocycles. The minimum Gasteiger partial charge on any atom is -0.371 e. The molecule has 1 fully saturated rings. The number of anilines is 3. The van der Waals surface area contributed by atoms with E-state index in [9.17, 15) is 14.0 Å². The number of halogens is 1. The van der Waals surface area contributed by atoms with E-state index >= 15 is 0 Å². The van der Waals surface area contributed by atoms with Crippen LogP contribution in [-0.2, 0) is 9.59 Å². The molecule has 28 heavy (non-hydrogen) atoms. The maximum Gasteiger partial charge on any atom is 0.257 e. The molecule has 2 aliphatic heterocycles. The Bertz CT molecular complexity index is 947. The van der Waals surface area contributed by atoms with Crippen LogP contribution in [0.1, 0.15) is 18.4 Å². The molecule has 7 heteroatoms. The van der Waals surface area contributed by atoms with Gasteiger partial charge in [0.25, 0.3) is 5.91 Å². The van der Waals surface area contributed by atoms with Crippen molar-refractivity contribution in [3.05, 3.63) is 60.0 Å². The lowest BCUT2D eigenvalue weighted by molar-refractivity contribution is -0.122. The molecule has 0 saturated carbocycles. The van der Waals surface area contributed by atoms with Crippen LogP contribution in [0.5, 0.6) is 0 Å². The SMILES string of the molecule is NC(=O)C1CCN(c2ccc(NC=C3C(=O)Nc4cc(F)ccc43)cc2)CC1. The van der Waals surface area contributed by atoms with Crippen molar-refractivity contribution >= 4 is 34.4 Å². The lowest BCUT2D eigenvalue weighted by atomic mass is 9.96. The van der Waals surface area contributed by atoms with Gasteiger partial charge in [0.2, 0.25) is 5.91 Å². The minimum absolute atomic E-state index is 0.0299. The largest absolute Gasteiger partial charge is 0.371 e. The van der Waals surface area contributed by atoms with Crippen LogP contribution < -0.4 is 21.3 Å². The zero-order valence-electron chi connectivity index (χ0n) is 15.2. The van der Waals surface area contributed by atoms with Gasteiger partial charge in [-0.15, -0.1) is 0 Å². The number of carbonyl (C=O) groups is 2. The zero-order valence-corrected chi connectivity index (χ0v) is 15.2. The fraction of sp³-hybridized carbons (Fsp3) is 0.238. The number of piperidine rings is 1. The average molecular weight is 380 g/mol. The normalized spacial score (nSPS) is 18.1. The minimum atomic E-state index is -0.385. The number of amides is 2. The Morgan fingerprint density at radius 1 is 1.18 bits per heavy atom. The molecule has 2 amide bonds. The van der Waals surface area contributed by atoms with Gasteiger partial charge in [-0.25, -0.2) is 4.39 Å². The molecule has 0 radical (unpaired) electrons. The number of carbonyl (C=O) groups excluding carboxylic acids is 2. The van der Waals surface area contributed by atoms with Crippen molar-refractivity contribution in [1.82, 2.24) is 0 Å². The van der Waals surface area contributed by atoms with Crippen LogP contribution in [0.25, 0.3) is 5.57 Å². The summed E-state index contributed by atoms with van der Waals surface area (Å²) in [7, 11) is 0. The molecule has 2 aromatic rings. The number of benzene rings is 2. The van der Waals surface area contributed by atoms with Gasteiger partial charge in [-0.3, -0.25) is 9.59 Å². The van der Waals surface area contributed by atoms with Crippen LogP contribution >= 0.6 is 0 Å². The summed E-state index contributed by atoms with van der Waals surface area (Å²) < 4.78 is 13.3. The predicted octanol–water partition coefficient (Wildman–Crippen LogP) is 2.93. The second-order valence-corrected chi connectivity index (χ2v) is 7.06. The molecule has 2 heterocycles. The molecule has 2 aromatic carbocycles. The van der Waals surface area contributed by atoms with E-state index in [0.717, 1.165) is 37.3 Å². The van der Waals surface area contributed by atoms with E-state index in [1.54, 1.807) is 12.3 Å². The Hall–Kier alpha value is -3.35. The van der Waals surface area contributed by atoms with Gasteiger partial charge >= 0.3 is 0 Å². The molecule has 0 atom stereocenters. The summed E-state index contributed by atoms with van der Waals surface area (Å²) in [5, 5.41) is 5.79. The molecular weight excluding hydrogens is 359 g/mol. The average Bonchev–Trinajstić information content (AvgIpc) is 3.01. The summed E-state index contributed by atoms with van der Waals surface area (Å²) in [5.41, 5.74) is 8.93. The maximum atomic E-state index is 13.3. The number of hydrogen-bond donors (Lipinski definition) is 3. The molecule has 6 nitrogen and oxygen atoms in total. The van der Waals surface area contributed by atoms with Crippen molar-refractivity contribution in [2.45, 2.75) is 12.8 Å². The number of primary amides is 1. The number of nitrogens with one attached hydrogen (secondary N) is 2. The molecule has 2 aliphatic rings. The number of nitrogens with two attached hydrogens (primary N) is 1. The van der Waals surface area contributed by atoms with Crippen molar-refractivity contribution < 1.29 is 14.0 Å². The third-order valence-electron chi connectivity index (χ3n) is 5.28. The molecule has 0 bridgehead atoms. The van der Waals surface area contributed by atoms with Gasteiger partial charge in [0.05, 0.1) is 11.3 Å². The Morgan fingerprint density at radius 2 is 1.89 bits per heavy atom. The highest BCUT2D eigenvalue weighted by atomic mass is 19.1.